The second-order valence-corrected chi connectivity index (χ2v) is 11.0. The van der Waals surface area contributed by atoms with E-state index < -0.39 is 14.2 Å². The molecule has 4 N–H and O–H groups in total. The molecule has 2 atom stereocenters. The second kappa shape index (κ2) is 10.2. The molecule has 10 heteroatoms. The van der Waals surface area contributed by atoms with E-state index in [0.717, 1.165) is 19.3 Å². The Hall–Kier alpha value is -2.84. The number of rotatable bonds is 4. The standard InChI is InChI=1S/C14H15NO2.C8H10AsNO5/c1-17-14(16)9-6-7-13-11(8-9)10-4-2-3-5-12(10)15-13;1-6(11)10-8-4-2-3-7(5-8)9(12,13)15-14/h2-5,9,15H,6-8H2,1H3;2-5,14H,1H3,(H,10,11)(H,12,13). The van der Waals surface area contributed by atoms with Gasteiger partial charge in [-0.05, 0) is 30.9 Å². The van der Waals surface area contributed by atoms with Gasteiger partial charge in [-0.25, -0.2) is 0 Å². The number of esters is 1. The molecule has 0 spiro atoms. The molecule has 1 heterocycles. The molecule has 4 rings (SSSR count). The van der Waals surface area contributed by atoms with Crippen molar-refractivity contribution in [3.05, 3.63) is 59.8 Å². The summed E-state index contributed by atoms with van der Waals surface area (Å²) in [6.07, 6.45) is 2.61. The van der Waals surface area contributed by atoms with Gasteiger partial charge in [-0.2, -0.15) is 0 Å². The Morgan fingerprint density at radius 2 is 1.94 bits per heavy atom. The maximum atomic E-state index is 11.6. The molecule has 1 amide bonds. The predicted octanol–water partition coefficient (Wildman–Crippen LogP) is 2.15. The first kappa shape index (κ1) is 23.8. The van der Waals surface area contributed by atoms with Gasteiger partial charge < -0.3 is 9.72 Å². The molecule has 2 unspecified atom stereocenters. The molecule has 0 saturated carbocycles. The number of hydrogen-bond acceptors (Lipinski definition) is 6. The molecule has 0 aliphatic heterocycles. The molecule has 2 aromatic carbocycles. The number of carbonyl (C=O) groups is 2. The monoisotopic (exact) mass is 504 g/mol. The summed E-state index contributed by atoms with van der Waals surface area (Å²) in [4.78, 5) is 25.8. The van der Waals surface area contributed by atoms with Gasteiger partial charge in [0.1, 0.15) is 0 Å². The van der Waals surface area contributed by atoms with Gasteiger partial charge in [-0.1, -0.05) is 18.2 Å². The van der Waals surface area contributed by atoms with Gasteiger partial charge in [-0.3, -0.25) is 4.79 Å². The van der Waals surface area contributed by atoms with E-state index in [4.69, 9.17) is 9.99 Å². The van der Waals surface area contributed by atoms with E-state index in [2.05, 4.69) is 26.3 Å². The van der Waals surface area contributed by atoms with E-state index in [1.54, 1.807) is 6.07 Å². The number of H-pyrrole nitrogens is 1. The molecule has 0 fully saturated rings. The van der Waals surface area contributed by atoms with Crippen LogP contribution in [0.5, 0.6) is 0 Å². The van der Waals surface area contributed by atoms with E-state index in [9.17, 15) is 17.4 Å². The molecule has 32 heavy (non-hydrogen) atoms. The summed E-state index contributed by atoms with van der Waals surface area (Å²) in [6, 6.07) is 13.9. The number of ether oxygens (including phenoxy) is 1. The minimum absolute atomic E-state index is 0.0201. The van der Waals surface area contributed by atoms with Gasteiger partial charge in [0.05, 0.1) is 13.0 Å². The van der Waals surface area contributed by atoms with E-state index in [1.165, 1.54) is 54.4 Å². The number of para-hydroxylation sites is 1. The van der Waals surface area contributed by atoms with Crippen LogP contribution in [0.1, 0.15) is 24.6 Å². The van der Waals surface area contributed by atoms with E-state index in [-0.39, 0.29) is 22.1 Å². The number of carbonyl (C=O) groups excluding carboxylic acids is 2. The smallest absolute Gasteiger partial charge is 0.309 e. The van der Waals surface area contributed by atoms with Crippen molar-refractivity contribution in [2.45, 2.75) is 26.2 Å². The van der Waals surface area contributed by atoms with Crippen molar-refractivity contribution in [1.82, 2.24) is 4.98 Å². The van der Waals surface area contributed by atoms with Crippen LogP contribution < -0.4 is 9.67 Å². The van der Waals surface area contributed by atoms with Crippen LogP contribution in [-0.2, 0) is 34.8 Å². The zero-order chi connectivity index (χ0) is 23.3. The van der Waals surface area contributed by atoms with Crippen LogP contribution in [0.3, 0.4) is 0 Å². The van der Waals surface area contributed by atoms with Crippen LogP contribution in [0, 0.1) is 5.92 Å². The number of anilines is 1. The number of aromatic amines is 1. The van der Waals surface area contributed by atoms with Crippen LogP contribution in [0.15, 0.2) is 48.5 Å². The van der Waals surface area contributed by atoms with Crippen LogP contribution in [0.25, 0.3) is 10.9 Å². The molecule has 9 nitrogen and oxygen atoms in total. The normalized spacial score (nSPS) is 16.8. The van der Waals surface area contributed by atoms with Crippen molar-refractivity contribution >= 4 is 47.0 Å². The Morgan fingerprint density at radius 1 is 1.19 bits per heavy atom. The zero-order valence-corrected chi connectivity index (χ0v) is 19.6. The minimum atomic E-state index is -4.83. The van der Waals surface area contributed by atoms with Crippen molar-refractivity contribution in [2.75, 3.05) is 12.4 Å². The fraction of sp³-hybridized carbons (Fsp3) is 0.273. The molecular weight excluding hydrogens is 479 g/mol. The van der Waals surface area contributed by atoms with Gasteiger partial charge >= 0.3 is 94.4 Å². The molecule has 0 bridgehead atoms. The molecule has 170 valence electrons. The molecule has 0 saturated heterocycles. The van der Waals surface area contributed by atoms with Crippen molar-refractivity contribution < 1.29 is 31.3 Å². The Kier molecular flexibility index (Phi) is 7.58. The van der Waals surface area contributed by atoms with Crippen LogP contribution in [0.4, 0.5) is 5.69 Å². The van der Waals surface area contributed by atoms with Crippen molar-refractivity contribution in [2.24, 2.45) is 5.92 Å². The summed E-state index contributed by atoms with van der Waals surface area (Å²) in [5.41, 5.74) is 4.12. The number of fused-ring (bicyclic) bond motifs is 3. The van der Waals surface area contributed by atoms with Crippen LogP contribution in [-0.4, -0.2) is 47.5 Å². The Labute approximate surface area is 187 Å². The topological polar surface area (TPSA) is 138 Å². The summed E-state index contributed by atoms with van der Waals surface area (Å²) >= 11 is -4.83. The SMILES string of the molecule is CC(=O)Nc1cccc([As](=O)(O)OO)c1.COC(=O)C1CCc2[nH]c3ccccc3c2C1. The van der Waals surface area contributed by atoms with Gasteiger partial charge in [0.15, 0.2) is 0 Å². The summed E-state index contributed by atoms with van der Waals surface area (Å²) in [5.74, 6) is -0.357. The third-order valence-corrected chi connectivity index (χ3v) is 7.65. The number of nitrogens with one attached hydrogen (secondary N) is 2. The summed E-state index contributed by atoms with van der Waals surface area (Å²) in [6.45, 7) is 1.32. The van der Waals surface area contributed by atoms with E-state index in [1.807, 2.05) is 12.1 Å². The fourth-order valence-corrected chi connectivity index (χ4v) is 5.15. The Bertz CT molecular complexity index is 1170. The third-order valence-electron chi connectivity index (χ3n) is 5.23. The van der Waals surface area contributed by atoms with Crippen LogP contribution in [0.2, 0.25) is 0 Å². The third kappa shape index (κ3) is 5.49. The molecule has 1 aliphatic carbocycles. The van der Waals surface area contributed by atoms with Gasteiger partial charge in [0, 0.05) is 16.6 Å². The number of methoxy groups -OCH3 is 1. The largest absolute Gasteiger partial charge is 0.469 e. The van der Waals surface area contributed by atoms with Gasteiger partial charge in [-0.15, -0.1) is 0 Å². The molecular formula is C22H25AsN2O7. The molecule has 1 aromatic heterocycles. The average molecular weight is 504 g/mol. The maximum absolute atomic E-state index is 11.6. The molecule has 3 aromatic rings. The van der Waals surface area contributed by atoms with E-state index >= 15 is 0 Å². The number of hydrogen-bond donors (Lipinski definition) is 4. The second-order valence-electron chi connectivity index (χ2n) is 7.42. The minimum Gasteiger partial charge on any atom is -0.469 e. The van der Waals surface area contributed by atoms with Crippen molar-refractivity contribution in [3.8, 4) is 0 Å². The average Bonchev–Trinajstić information content (AvgIpc) is 3.16. The molecule has 1 aliphatic rings. The summed E-state index contributed by atoms with van der Waals surface area (Å²) < 4.78 is 28.8. The molecule has 0 radical (unpaired) electrons. The van der Waals surface area contributed by atoms with E-state index in [0.29, 0.717) is 5.69 Å². The van der Waals surface area contributed by atoms with Gasteiger partial charge in [0.25, 0.3) is 0 Å². The maximum Gasteiger partial charge on any atom is 0.309 e. The van der Waals surface area contributed by atoms with Crippen molar-refractivity contribution in [1.29, 1.82) is 0 Å². The first-order valence-electron chi connectivity index (χ1n) is 9.95. The first-order chi connectivity index (χ1) is 15.2. The number of aryl methyl sites for hydroxylation is 1. The zero-order valence-electron chi connectivity index (χ0n) is 17.7. The predicted molar refractivity (Wildman–Crippen MR) is 119 cm³/mol. The number of aromatic nitrogens is 1. The fourth-order valence-electron chi connectivity index (χ4n) is 3.75. The summed E-state index contributed by atoms with van der Waals surface area (Å²) in [7, 11) is 1.47. The number of amides is 1. The first-order valence-corrected chi connectivity index (χ1v) is 13.3. The quantitative estimate of drug-likeness (QED) is 0.185. The number of benzene rings is 2. The van der Waals surface area contributed by atoms with Crippen LogP contribution >= 0.6 is 0 Å². The Balaban J connectivity index is 0.000000183. The van der Waals surface area contributed by atoms with Gasteiger partial charge in [0.2, 0.25) is 0 Å². The summed E-state index contributed by atoms with van der Waals surface area (Å²) in [5, 5.41) is 11.9. The van der Waals surface area contributed by atoms with Crippen molar-refractivity contribution in [3.63, 3.8) is 0 Å². The Morgan fingerprint density at radius 3 is 2.62 bits per heavy atom.